The van der Waals surface area contributed by atoms with Crippen molar-refractivity contribution >= 4 is 5.82 Å². The zero-order valence-electron chi connectivity index (χ0n) is 11.1. The Bertz CT molecular complexity index is 598. The van der Waals surface area contributed by atoms with E-state index in [0.29, 0.717) is 5.92 Å². The molecule has 1 saturated carbocycles. The molecule has 0 bridgehead atoms. The van der Waals surface area contributed by atoms with Gasteiger partial charge in [-0.15, -0.1) is 0 Å². The fraction of sp³-hybridized carbons (Fsp3) is 0.400. The maximum atomic E-state index is 6.20. The average molecular weight is 241 g/mol. The lowest BCUT2D eigenvalue weighted by Crippen LogP contribution is -1.98. The standard InChI is InChI=1S/C15H19N3/c1-9-5-4-6-11(7-9)13-14(12-8-10(12)2)17-18(3)15(13)16/h4-7,10,12H,8,16H2,1-3H3. The molecular weight excluding hydrogens is 222 g/mol. The van der Waals surface area contributed by atoms with E-state index in [1.54, 1.807) is 4.68 Å². The van der Waals surface area contributed by atoms with Crippen LogP contribution >= 0.6 is 0 Å². The predicted molar refractivity (Wildman–Crippen MR) is 74.3 cm³/mol. The van der Waals surface area contributed by atoms with E-state index in [0.717, 1.165) is 17.3 Å². The van der Waals surface area contributed by atoms with Crippen LogP contribution in [0.3, 0.4) is 0 Å². The summed E-state index contributed by atoms with van der Waals surface area (Å²) < 4.78 is 1.80. The smallest absolute Gasteiger partial charge is 0.129 e. The summed E-state index contributed by atoms with van der Waals surface area (Å²) in [5, 5.41) is 4.62. The summed E-state index contributed by atoms with van der Waals surface area (Å²) in [6.07, 6.45) is 1.23. The molecule has 0 radical (unpaired) electrons. The lowest BCUT2D eigenvalue weighted by Gasteiger charge is -2.04. The number of rotatable bonds is 2. The van der Waals surface area contributed by atoms with Gasteiger partial charge in [-0.05, 0) is 24.8 Å². The fourth-order valence-electron chi connectivity index (χ4n) is 2.62. The minimum absolute atomic E-state index is 0.587. The maximum Gasteiger partial charge on any atom is 0.129 e. The Labute approximate surface area is 108 Å². The molecule has 94 valence electrons. The molecular formula is C15H19N3. The van der Waals surface area contributed by atoms with Crippen LogP contribution in [0.4, 0.5) is 5.82 Å². The molecule has 1 aromatic carbocycles. The molecule has 1 aromatic heterocycles. The highest BCUT2D eigenvalue weighted by atomic mass is 15.3. The molecule has 18 heavy (non-hydrogen) atoms. The van der Waals surface area contributed by atoms with Gasteiger partial charge < -0.3 is 5.73 Å². The van der Waals surface area contributed by atoms with Crippen molar-refractivity contribution in [2.45, 2.75) is 26.2 Å². The van der Waals surface area contributed by atoms with Gasteiger partial charge in [0.1, 0.15) is 5.82 Å². The van der Waals surface area contributed by atoms with Gasteiger partial charge >= 0.3 is 0 Å². The topological polar surface area (TPSA) is 43.8 Å². The lowest BCUT2D eigenvalue weighted by molar-refractivity contribution is 0.743. The summed E-state index contributed by atoms with van der Waals surface area (Å²) in [5.41, 5.74) is 11.0. The van der Waals surface area contributed by atoms with Crippen LogP contribution in [-0.2, 0) is 7.05 Å². The lowest BCUT2D eigenvalue weighted by atomic mass is 10.0. The highest BCUT2D eigenvalue weighted by molar-refractivity contribution is 5.78. The van der Waals surface area contributed by atoms with Gasteiger partial charge in [-0.1, -0.05) is 36.8 Å². The van der Waals surface area contributed by atoms with Gasteiger partial charge in [0, 0.05) is 18.5 Å². The van der Waals surface area contributed by atoms with Crippen molar-refractivity contribution < 1.29 is 0 Å². The summed E-state index contributed by atoms with van der Waals surface area (Å²) >= 11 is 0. The third kappa shape index (κ3) is 1.70. The minimum atomic E-state index is 0.587. The first kappa shape index (κ1) is 11.3. The summed E-state index contributed by atoms with van der Waals surface area (Å²) in [7, 11) is 1.92. The third-order valence-electron chi connectivity index (χ3n) is 3.89. The van der Waals surface area contributed by atoms with E-state index in [1.165, 1.54) is 23.2 Å². The van der Waals surface area contributed by atoms with Gasteiger partial charge in [0.05, 0.1) is 5.69 Å². The van der Waals surface area contributed by atoms with E-state index in [1.807, 2.05) is 7.05 Å². The zero-order chi connectivity index (χ0) is 12.9. The quantitative estimate of drug-likeness (QED) is 0.878. The Kier molecular flexibility index (Phi) is 2.44. The molecule has 2 atom stereocenters. The fourth-order valence-corrected chi connectivity index (χ4v) is 2.62. The average Bonchev–Trinajstić information content (AvgIpc) is 2.97. The Morgan fingerprint density at radius 3 is 2.72 bits per heavy atom. The molecule has 2 unspecified atom stereocenters. The number of aryl methyl sites for hydroxylation is 2. The Balaban J connectivity index is 2.15. The molecule has 1 aliphatic carbocycles. The van der Waals surface area contributed by atoms with Crippen LogP contribution in [0.25, 0.3) is 11.1 Å². The van der Waals surface area contributed by atoms with Crippen LogP contribution in [0, 0.1) is 12.8 Å². The van der Waals surface area contributed by atoms with Crippen LogP contribution in [0.2, 0.25) is 0 Å². The number of hydrogen-bond donors (Lipinski definition) is 1. The first-order valence-electron chi connectivity index (χ1n) is 6.47. The van der Waals surface area contributed by atoms with Crippen LogP contribution in [0.15, 0.2) is 24.3 Å². The monoisotopic (exact) mass is 241 g/mol. The summed E-state index contributed by atoms with van der Waals surface area (Å²) in [4.78, 5) is 0. The molecule has 3 nitrogen and oxygen atoms in total. The first-order valence-corrected chi connectivity index (χ1v) is 6.47. The van der Waals surface area contributed by atoms with Crippen LogP contribution in [0.1, 0.15) is 30.5 Å². The van der Waals surface area contributed by atoms with Crippen molar-refractivity contribution in [1.29, 1.82) is 0 Å². The van der Waals surface area contributed by atoms with Gasteiger partial charge in [-0.3, -0.25) is 4.68 Å². The van der Waals surface area contributed by atoms with E-state index < -0.39 is 0 Å². The minimum Gasteiger partial charge on any atom is -0.383 e. The van der Waals surface area contributed by atoms with E-state index in [4.69, 9.17) is 5.73 Å². The van der Waals surface area contributed by atoms with Crippen molar-refractivity contribution in [3.8, 4) is 11.1 Å². The molecule has 1 fully saturated rings. The Hall–Kier alpha value is -1.77. The molecule has 1 heterocycles. The molecule has 1 aliphatic rings. The van der Waals surface area contributed by atoms with Gasteiger partial charge in [-0.25, -0.2) is 0 Å². The SMILES string of the molecule is Cc1cccc(-c2c(C3CC3C)nn(C)c2N)c1. The maximum absolute atomic E-state index is 6.20. The van der Waals surface area contributed by atoms with Crippen molar-refractivity contribution in [3.63, 3.8) is 0 Å². The van der Waals surface area contributed by atoms with Crippen LogP contribution < -0.4 is 5.73 Å². The van der Waals surface area contributed by atoms with E-state index in [9.17, 15) is 0 Å². The first-order chi connectivity index (χ1) is 8.58. The Morgan fingerprint density at radius 2 is 2.11 bits per heavy atom. The number of anilines is 1. The summed E-state index contributed by atoms with van der Waals surface area (Å²) in [5.74, 6) is 2.10. The Morgan fingerprint density at radius 1 is 1.39 bits per heavy atom. The van der Waals surface area contributed by atoms with E-state index in [2.05, 4.69) is 43.2 Å². The summed E-state index contributed by atoms with van der Waals surface area (Å²) in [6.45, 7) is 4.38. The molecule has 2 N–H and O–H groups in total. The third-order valence-corrected chi connectivity index (χ3v) is 3.89. The number of benzene rings is 1. The van der Waals surface area contributed by atoms with Crippen molar-refractivity contribution in [1.82, 2.24) is 9.78 Å². The van der Waals surface area contributed by atoms with Gasteiger partial charge in [0.25, 0.3) is 0 Å². The normalized spacial score (nSPS) is 22.2. The number of nitrogens with zero attached hydrogens (tertiary/aromatic N) is 2. The molecule has 0 saturated heterocycles. The zero-order valence-corrected chi connectivity index (χ0v) is 11.1. The van der Waals surface area contributed by atoms with Crippen molar-refractivity contribution in [2.24, 2.45) is 13.0 Å². The number of nitrogen functional groups attached to an aromatic ring is 1. The number of hydrogen-bond acceptors (Lipinski definition) is 2. The summed E-state index contributed by atoms with van der Waals surface area (Å²) in [6, 6.07) is 8.49. The predicted octanol–water partition coefficient (Wildman–Crippen LogP) is 3.10. The highest BCUT2D eigenvalue weighted by Crippen LogP contribution is 2.50. The van der Waals surface area contributed by atoms with Crippen molar-refractivity contribution in [2.75, 3.05) is 5.73 Å². The van der Waals surface area contributed by atoms with Gasteiger partial charge in [0.2, 0.25) is 0 Å². The van der Waals surface area contributed by atoms with Crippen LogP contribution in [0.5, 0.6) is 0 Å². The van der Waals surface area contributed by atoms with Gasteiger partial charge in [0.15, 0.2) is 0 Å². The molecule has 0 spiro atoms. The second-order valence-corrected chi connectivity index (χ2v) is 5.46. The largest absolute Gasteiger partial charge is 0.383 e. The second kappa shape index (κ2) is 3.87. The van der Waals surface area contributed by atoms with Gasteiger partial charge in [-0.2, -0.15) is 5.10 Å². The molecule has 0 aliphatic heterocycles. The van der Waals surface area contributed by atoms with Crippen LogP contribution in [-0.4, -0.2) is 9.78 Å². The molecule has 3 rings (SSSR count). The van der Waals surface area contributed by atoms with E-state index >= 15 is 0 Å². The van der Waals surface area contributed by atoms with Crippen molar-refractivity contribution in [3.05, 3.63) is 35.5 Å². The second-order valence-electron chi connectivity index (χ2n) is 5.46. The number of nitrogens with two attached hydrogens (primary N) is 1. The molecule has 2 aromatic rings. The number of aromatic nitrogens is 2. The molecule has 3 heteroatoms. The molecule has 0 amide bonds. The van der Waals surface area contributed by atoms with E-state index in [-0.39, 0.29) is 0 Å². The highest BCUT2D eigenvalue weighted by Gasteiger charge is 2.39.